The Morgan fingerprint density at radius 3 is 2.06 bits per heavy atom. The van der Waals surface area contributed by atoms with E-state index < -0.39 is 5.60 Å². The van der Waals surface area contributed by atoms with Crippen molar-refractivity contribution < 1.29 is 9.84 Å². The van der Waals surface area contributed by atoms with Crippen molar-refractivity contribution >= 4 is 0 Å². The van der Waals surface area contributed by atoms with Crippen LogP contribution in [0.5, 0.6) is 5.75 Å². The van der Waals surface area contributed by atoms with Gasteiger partial charge in [-0.3, -0.25) is 0 Å². The van der Waals surface area contributed by atoms with Crippen molar-refractivity contribution in [3.63, 3.8) is 0 Å². The summed E-state index contributed by atoms with van der Waals surface area (Å²) in [6.07, 6.45) is 2.48. The molecule has 0 aromatic heterocycles. The van der Waals surface area contributed by atoms with E-state index in [9.17, 15) is 5.11 Å². The van der Waals surface area contributed by atoms with Gasteiger partial charge < -0.3 is 9.84 Å². The molecule has 0 aliphatic heterocycles. The second-order valence-electron chi connectivity index (χ2n) is 4.11. The van der Waals surface area contributed by atoms with E-state index in [0.717, 1.165) is 37.2 Å². The minimum absolute atomic E-state index is 0.691. The summed E-state index contributed by atoms with van der Waals surface area (Å²) < 4.78 is 5.51. The van der Waals surface area contributed by atoms with Crippen LogP contribution in [0.3, 0.4) is 0 Å². The largest absolute Gasteiger partial charge is 0.494 e. The zero-order valence-corrected chi connectivity index (χ0v) is 10.5. The van der Waals surface area contributed by atoms with Crippen LogP contribution in [0.2, 0.25) is 0 Å². The Bertz CT molecular complexity index is 299. The standard InChI is InChI=1S/C14H22O2/c1-4-11-16-13-9-7-12(8-10-13)14(15,5-2)6-3/h7-10,15H,4-6,11H2,1-3H3. The van der Waals surface area contributed by atoms with E-state index in [-0.39, 0.29) is 0 Å². The zero-order valence-electron chi connectivity index (χ0n) is 10.5. The summed E-state index contributed by atoms with van der Waals surface area (Å²) in [7, 11) is 0. The summed E-state index contributed by atoms with van der Waals surface area (Å²) in [6.45, 7) is 6.84. The number of hydrogen-bond donors (Lipinski definition) is 1. The topological polar surface area (TPSA) is 29.5 Å². The van der Waals surface area contributed by atoms with E-state index in [1.807, 2.05) is 38.1 Å². The third kappa shape index (κ3) is 2.99. The smallest absolute Gasteiger partial charge is 0.119 e. The van der Waals surface area contributed by atoms with Crippen molar-refractivity contribution in [1.29, 1.82) is 0 Å². The molecule has 0 radical (unpaired) electrons. The normalized spacial score (nSPS) is 11.5. The highest BCUT2D eigenvalue weighted by atomic mass is 16.5. The molecule has 16 heavy (non-hydrogen) atoms. The number of benzene rings is 1. The van der Waals surface area contributed by atoms with Gasteiger partial charge >= 0.3 is 0 Å². The highest BCUT2D eigenvalue weighted by Gasteiger charge is 2.24. The quantitative estimate of drug-likeness (QED) is 0.798. The molecule has 0 bridgehead atoms. The van der Waals surface area contributed by atoms with Crippen molar-refractivity contribution in [2.24, 2.45) is 0 Å². The Hall–Kier alpha value is -1.02. The number of aliphatic hydroxyl groups is 1. The monoisotopic (exact) mass is 222 g/mol. The van der Waals surface area contributed by atoms with E-state index in [4.69, 9.17) is 4.74 Å². The molecule has 0 saturated heterocycles. The van der Waals surface area contributed by atoms with Crippen molar-refractivity contribution in [3.8, 4) is 5.75 Å². The highest BCUT2D eigenvalue weighted by molar-refractivity contribution is 5.30. The molecule has 0 fully saturated rings. The van der Waals surface area contributed by atoms with Gasteiger partial charge in [-0.15, -0.1) is 0 Å². The summed E-state index contributed by atoms with van der Waals surface area (Å²) in [6, 6.07) is 7.78. The first-order chi connectivity index (χ1) is 7.66. The number of rotatable bonds is 6. The van der Waals surface area contributed by atoms with Crippen LogP contribution in [0.4, 0.5) is 0 Å². The molecular weight excluding hydrogens is 200 g/mol. The van der Waals surface area contributed by atoms with Crippen LogP contribution in [0.15, 0.2) is 24.3 Å². The van der Waals surface area contributed by atoms with Gasteiger partial charge in [0.15, 0.2) is 0 Å². The van der Waals surface area contributed by atoms with Crippen LogP contribution in [0, 0.1) is 0 Å². The van der Waals surface area contributed by atoms with Crippen molar-refractivity contribution in [2.45, 2.75) is 45.6 Å². The molecule has 1 N–H and O–H groups in total. The molecular formula is C14H22O2. The second-order valence-corrected chi connectivity index (χ2v) is 4.11. The maximum Gasteiger partial charge on any atom is 0.119 e. The van der Waals surface area contributed by atoms with E-state index >= 15 is 0 Å². The molecule has 0 saturated carbocycles. The first-order valence-electron chi connectivity index (χ1n) is 6.12. The molecule has 1 aromatic rings. The Labute approximate surface area is 98.3 Å². The summed E-state index contributed by atoms with van der Waals surface area (Å²) >= 11 is 0. The van der Waals surface area contributed by atoms with Gasteiger partial charge in [0.2, 0.25) is 0 Å². The van der Waals surface area contributed by atoms with Crippen LogP contribution < -0.4 is 4.74 Å². The predicted molar refractivity (Wildman–Crippen MR) is 66.7 cm³/mol. The lowest BCUT2D eigenvalue weighted by atomic mass is 9.89. The Kier molecular flexibility index (Phi) is 4.81. The molecule has 0 atom stereocenters. The van der Waals surface area contributed by atoms with Crippen LogP contribution in [-0.4, -0.2) is 11.7 Å². The van der Waals surface area contributed by atoms with Crippen LogP contribution in [0.1, 0.15) is 45.6 Å². The van der Waals surface area contributed by atoms with Crippen molar-refractivity contribution in [1.82, 2.24) is 0 Å². The average molecular weight is 222 g/mol. The van der Waals surface area contributed by atoms with Gasteiger partial charge in [0, 0.05) is 0 Å². The molecule has 90 valence electrons. The van der Waals surface area contributed by atoms with E-state index in [1.165, 1.54) is 0 Å². The lowest BCUT2D eigenvalue weighted by molar-refractivity contribution is 0.0283. The SMILES string of the molecule is CCCOc1ccc(C(O)(CC)CC)cc1. The van der Waals surface area contributed by atoms with Gasteiger partial charge in [0.05, 0.1) is 12.2 Å². The second kappa shape index (κ2) is 5.90. The van der Waals surface area contributed by atoms with E-state index in [2.05, 4.69) is 6.92 Å². The van der Waals surface area contributed by atoms with Crippen LogP contribution in [-0.2, 0) is 5.60 Å². The van der Waals surface area contributed by atoms with E-state index in [1.54, 1.807) is 0 Å². The Morgan fingerprint density at radius 1 is 1.06 bits per heavy atom. The fourth-order valence-electron chi connectivity index (χ4n) is 1.74. The van der Waals surface area contributed by atoms with Gasteiger partial charge in [-0.05, 0) is 37.0 Å². The summed E-state index contributed by atoms with van der Waals surface area (Å²) in [4.78, 5) is 0. The first-order valence-corrected chi connectivity index (χ1v) is 6.12. The van der Waals surface area contributed by atoms with Gasteiger partial charge in [0.1, 0.15) is 5.75 Å². The molecule has 0 unspecified atom stereocenters. The number of hydrogen-bond acceptors (Lipinski definition) is 2. The minimum atomic E-state index is -0.691. The Balaban J connectivity index is 2.77. The van der Waals surface area contributed by atoms with Crippen LogP contribution >= 0.6 is 0 Å². The predicted octanol–water partition coefficient (Wildman–Crippen LogP) is 3.48. The maximum atomic E-state index is 10.3. The van der Waals surface area contributed by atoms with Gasteiger partial charge in [-0.1, -0.05) is 32.9 Å². The molecule has 1 rings (SSSR count). The minimum Gasteiger partial charge on any atom is -0.494 e. The fourth-order valence-corrected chi connectivity index (χ4v) is 1.74. The summed E-state index contributed by atoms with van der Waals surface area (Å²) in [5, 5.41) is 10.3. The zero-order chi connectivity index (χ0) is 12.0. The Morgan fingerprint density at radius 2 is 1.62 bits per heavy atom. The molecule has 0 aliphatic carbocycles. The lowest BCUT2D eigenvalue weighted by Crippen LogP contribution is -2.23. The van der Waals surface area contributed by atoms with Gasteiger partial charge in [-0.25, -0.2) is 0 Å². The summed E-state index contributed by atoms with van der Waals surface area (Å²) in [5.74, 6) is 0.875. The lowest BCUT2D eigenvalue weighted by Gasteiger charge is -2.25. The average Bonchev–Trinajstić information content (AvgIpc) is 2.36. The molecule has 1 aromatic carbocycles. The number of ether oxygens (including phenoxy) is 1. The molecule has 2 nitrogen and oxygen atoms in total. The highest BCUT2D eigenvalue weighted by Crippen LogP contribution is 2.29. The maximum absolute atomic E-state index is 10.3. The molecule has 0 aliphatic rings. The molecule has 0 amide bonds. The van der Waals surface area contributed by atoms with Gasteiger partial charge in [-0.2, -0.15) is 0 Å². The van der Waals surface area contributed by atoms with Crippen molar-refractivity contribution in [2.75, 3.05) is 6.61 Å². The van der Waals surface area contributed by atoms with Crippen LogP contribution in [0.25, 0.3) is 0 Å². The first kappa shape index (κ1) is 13.0. The summed E-state index contributed by atoms with van der Waals surface area (Å²) in [5.41, 5.74) is 0.282. The fraction of sp³-hybridized carbons (Fsp3) is 0.571. The molecule has 2 heteroatoms. The third-order valence-electron chi connectivity index (χ3n) is 3.03. The van der Waals surface area contributed by atoms with Gasteiger partial charge in [0.25, 0.3) is 0 Å². The van der Waals surface area contributed by atoms with E-state index in [0.29, 0.717) is 0 Å². The van der Waals surface area contributed by atoms with Crippen molar-refractivity contribution in [3.05, 3.63) is 29.8 Å². The third-order valence-corrected chi connectivity index (χ3v) is 3.03. The molecule has 0 spiro atoms. The molecule has 0 heterocycles.